The van der Waals surface area contributed by atoms with Crippen molar-refractivity contribution in [2.75, 3.05) is 0 Å². The monoisotopic (exact) mass is 355 g/mol. The highest BCUT2D eigenvalue weighted by molar-refractivity contribution is 5.91. The van der Waals surface area contributed by atoms with Gasteiger partial charge in [-0.2, -0.15) is 9.94 Å². The molecule has 0 bridgehead atoms. The topological polar surface area (TPSA) is 93.0 Å². The molecule has 27 heavy (non-hydrogen) atoms. The lowest BCUT2D eigenvalue weighted by Gasteiger charge is -2.06. The van der Waals surface area contributed by atoms with Gasteiger partial charge in [0.1, 0.15) is 11.6 Å². The van der Waals surface area contributed by atoms with Gasteiger partial charge in [-0.3, -0.25) is 9.59 Å². The molecule has 0 spiro atoms. The van der Waals surface area contributed by atoms with Crippen LogP contribution in [-0.2, 0) is 0 Å². The Balaban J connectivity index is 2.16. The van der Waals surface area contributed by atoms with Gasteiger partial charge in [-0.05, 0) is 12.1 Å². The summed E-state index contributed by atoms with van der Waals surface area (Å²) in [7, 11) is 0. The van der Waals surface area contributed by atoms with Crippen molar-refractivity contribution in [2.24, 2.45) is 0 Å². The number of Topliss-reactive ketones (excluding diaryl/α,β-unsaturated/α-hetero) is 1. The summed E-state index contributed by atoms with van der Waals surface area (Å²) in [5.74, 6) is -0.286. The quantitative estimate of drug-likeness (QED) is 0.527. The molecule has 0 radical (unpaired) electrons. The average molecular weight is 355 g/mol. The van der Waals surface area contributed by atoms with Gasteiger partial charge in [-0.1, -0.05) is 48.5 Å². The number of ketones is 1. The first-order chi connectivity index (χ1) is 13.1. The molecule has 2 heterocycles. The molecule has 7 heteroatoms. The van der Waals surface area contributed by atoms with Crippen molar-refractivity contribution in [2.45, 2.75) is 6.92 Å². The van der Waals surface area contributed by atoms with E-state index in [-0.39, 0.29) is 22.9 Å². The second-order valence-corrected chi connectivity index (χ2v) is 5.88. The van der Waals surface area contributed by atoms with Gasteiger partial charge in [0, 0.05) is 12.5 Å². The number of rotatable bonds is 3. The Morgan fingerprint density at radius 1 is 1.04 bits per heavy atom. The Morgan fingerprint density at radius 2 is 1.67 bits per heavy atom. The summed E-state index contributed by atoms with van der Waals surface area (Å²) >= 11 is 0. The fourth-order valence-corrected chi connectivity index (χ4v) is 2.90. The number of hydrogen-bond acceptors (Lipinski definition) is 5. The van der Waals surface area contributed by atoms with E-state index in [9.17, 15) is 14.9 Å². The van der Waals surface area contributed by atoms with Crippen LogP contribution in [0.3, 0.4) is 0 Å². The molecular formula is C20H13N5O2. The van der Waals surface area contributed by atoms with Gasteiger partial charge in [-0.25, -0.2) is 9.38 Å². The van der Waals surface area contributed by atoms with Crippen LogP contribution in [0.5, 0.6) is 0 Å². The van der Waals surface area contributed by atoms with E-state index in [1.54, 1.807) is 36.4 Å². The van der Waals surface area contributed by atoms with Crippen molar-refractivity contribution in [3.05, 3.63) is 82.4 Å². The molecule has 7 nitrogen and oxygen atoms in total. The van der Waals surface area contributed by atoms with E-state index >= 15 is 0 Å². The SMILES string of the molecule is CC(=O)c1nn(-c2ccccc2)c2nc(-c3ccccc3)c(C#N)c(=O)n12. The molecule has 2 aromatic heterocycles. The highest BCUT2D eigenvalue weighted by Gasteiger charge is 2.23. The zero-order chi connectivity index (χ0) is 19.0. The molecular weight excluding hydrogens is 342 g/mol. The van der Waals surface area contributed by atoms with Crippen LogP contribution in [0.4, 0.5) is 0 Å². The van der Waals surface area contributed by atoms with Gasteiger partial charge in [0.05, 0.1) is 11.4 Å². The Kier molecular flexibility index (Phi) is 3.86. The molecule has 0 aliphatic rings. The molecule has 0 fully saturated rings. The highest BCUT2D eigenvalue weighted by Crippen LogP contribution is 2.21. The van der Waals surface area contributed by atoms with Crippen molar-refractivity contribution in [1.29, 1.82) is 5.26 Å². The van der Waals surface area contributed by atoms with Gasteiger partial charge < -0.3 is 0 Å². The molecule has 0 aliphatic heterocycles. The van der Waals surface area contributed by atoms with E-state index < -0.39 is 11.3 Å². The van der Waals surface area contributed by atoms with E-state index in [2.05, 4.69) is 10.1 Å². The first-order valence-corrected chi connectivity index (χ1v) is 8.19. The van der Waals surface area contributed by atoms with Gasteiger partial charge >= 0.3 is 0 Å². The predicted molar refractivity (Wildman–Crippen MR) is 98.7 cm³/mol. The Morgan fingerprint density at radius 3 is 2.26 bits per heavy atom. The van der Waals surface area contributed by atoms with Crippen molar-refractivity contribution in [3.63, 3.8) is 0 Å². The van der Waals surface area contributed by atoms with Crippen molar-refractivity contribution in [1.82, 2.24) is 19.2 Å². The maximum absolute atomic E-state index is 13.0. The van der Waals surface area contributed by atoms with E-state index in [0.717, 1.165) is 4.40 Å². The van der Waals surface area contributed by atoms with Crippen LogP contribution in [0.15, 0.2) is 65.5 Å². The number of carbonyl (C=O) groups is 1. The lowest BCUT2D eigenvalue weighted by molar-refractivity contribution is 0.100. The normalized spacial score (nSPS) is 10.7. The first-order valence-electron chi connectivity index (χ1n) is 8.19. The predicted octanol–water partition coefficient (Wildman–Crippen LogP) is 2.62. The maximum Gasteiger partial charge on any atom is 0.279 e. The summed E-state index contributed by atoms with van der Waals surface area (Å²) in [4.78, 5) is 29.6. The third-order valence-electron chi connectivity index (χ3n) is 4.14. The van der Waals surface area contributed by atoms with Crippen LogP contribution in [-0.4, -0.2) is 24.9 Å². The van der Waals surface area contributed by atoms with E-state index in [1.165, 1.54) is 11.6 Å². The third kappa shape index (κ3) is 2.60. The largest absolute Gasteiger partial charge is 0.291 e. The van der Waals surface area contributed by atoms with Gasteiger partial charge in [0.15, 0.2) is 5.78 Å². The molecule has 130 valence electrons. The lowest BCUT2D eigenvalue weighted by atomic mass is 10.1. The van der Waals surface area contributed by atoms with Crippen molar-refractivity contribution < 1.29 is 4.79 Å². The van der Waals surface area contributed by atoms with Gasteiger partial charge in [0.2, 0.25) is 11.6 Å². The summed E-state index contributed by atoms with van der Waals surface area (Å²) in [6, 6.07) is 20.0. The number of nitriles is 1. The number of hydrogen-bond donors (Lipinski definition) is 0. The minimum Gasteiger partial charge on any atom is -0.291 e. The van der Waals surface area contributed by atoms with Crippen LogP contribution < -0.4 is 5.56 Å². The zero-order valence-electron chi connectivity index (χ0n) is 14.3. The second kappa shape index (κ2) is 6.35. The molecule has 0 saturated heterocycles. The van der Waals surface area contributed by atoms with Crippen LogP contribution in [0.2, 0.25) is 0 Å². The molecule has 2 aromatic carbocycles. The number of benzene rings is 2. The minimum absolute atomic E-state index is 0.0672. The van der Waals surface area contributed by atoms with E-state index in [1.807, 2.05) is 30.3 Å². The summed E-state index contributed by atoms with van der Waals surface area (Å²) in [5, 5.41) is 13.8. The fraction of sp³-hybridized carbons (Fsp3) is 0.0500. The molecule has 0 amide bonds. The summed E-state index contributed by atoms with van der Waals surface area (Å²) < 4.78 is 2.53. The summed E-state index contributed by atoms with van der Waals surface area (Å²) in [6.45, 7) is 1.32. The lowest BCUT2D eigenvalue weighted by Crippen LogP contribution is -2.22. The number of aromatic nitrogens is 4. The fourth-order valence-electron chi connectivity index (χ4n) is 2.90. The molecule has 4 aromatic rings. The Hall–Kier alpha value is -4.05. The van der Waals surface area contributed by atoms with Crippen LogP contribution in [0.1, 0.15) is 23.1 Å². The molecule has 0 N–H and O–H groups in total. The standard InChI is InChI=1S/C20H13N5O2/c1-13(26)18-23-25(15-10-6-3-7-11-15)20-22-17(14-8-4-2-5-9-14)16(12-21)19(27)24(18)20/h2-11H,1H3. The molecule has 0 saturated carbocycles. The number of fused-ring (bicyclic) bond motifs is 1. The smallest absolute Gasteiger partial charge is 0.279 e. The summed E-state index contributed by atoms with van der Waals surface area (Å²) in [5.41, 5.74) is 0.801. The van der Waals surface area contributed by atoms with Gasteiger partial charge in [-0.15, -0.1) is 5.10 Å². The van der Waals surface area contributed by atoms with Crippen LogP contribution >= 0.6 is 0 Å². The molecule has 0 aliphatic carbocycles. The van der Waals surface area contributed by atoms with Crippen LogP contribution in [0.25, 0.3) is 22.7 Å². The van der Waals surface area contributed by atoms with Crippen molar-refractivity contribution in [3.8, 4) is 23.0 Å². The summed E-state index contributed by atoms with van der Waals surface area (Å²) in [6.07, 6.45) is 0. The second-order valence-electron chi connectivity index (χ2n) is 5.88. The minimum atomic E-state index is -0.617. The molecule has 0 atom stereocenters. The number of carbonyl (C=O) groups excluding carboxylic acids is 1. The third-order valence-corrected chi connectivity index (χ3v) is 4.14. The van der Waals surface area contributed by atoms with Crippen molar-refractivity contribution >= 4 is 11.6 Å². The first kappa shape index (κ1) is 16.4. The van der Waals surface area contributed by atoms with E-state index in [0.29, 0.717) is 11.3 Å². The number of nitrogens with zero attached hydrogens (tertiary/aromatic N) is 5. The molecule has 0 unspecified atom stereocenters. The van der Waals surface area contributed by atoms with Gasteiger partial charge in [0.25, 0.3) is 5.56 Å². The number of para-hydroxylation sites is 1. The Bertz CT molecular complexity index is 1270. The van der Waals surface area contributed by atoms with Crippen LogP contribution in [0, 0.1) is 11.3 Å². The zero-order valence-corrected chi connectivity index (χ0v) is 14.3. The Labute approximate surface area is 153 Å². The van der Waals surface area contributed by atoms with E-state index in [4.69, 9.17) is 0 Å². The highest BCUT2D eigenvalue weighted by atomic mass is 16.1. The average Bonchev–Trinajstić information content (AvgIpc) is 3.09. The maximum atomic E-state index is 13.0. The molecule has 4 rings (SSSR count).